The van der Waals surface area contributed by atoms with Crippen LogP contribution in [0, 0.1) is 6.92 Å². The minimum atomic E-state index is -0.0380. The van der Waals surface area contributed by atoms with Gasteiger partial charge in [0, 0.05) is 19.0 Å². The van der Waals surface area contributed by atoms with E-state index in [0.29, 0.717) is 23.5 Å². The normalized spacial score (nSPS) is 18.1. The number of hydrogen-bond donors (Lipinski definition) is 0. The highest BCUT2D eigenvalue weighted by Crippen LogP contribution is 2.26. The van der Waals surface area contributed by atoms with Crippen LogP contribution in [0.15, 0.2) is 17.5 Å². The van der Waals surface area contributed by atoms with Gasteiger partial charge in [0.15, 0.2) is 5.78 Å². The second kappa shape index (κ2) is 6.03. The summed E-state index contributed by atoms with van der Waals surface area (Å²) in [4.78, 5) is 28.0. The fraction of sp³-hybridized carbons (Fsp3) is 0.429. The molecule has 110 valence electrons. The minimum Gasteiger partial charge on any atom is -0.334 e. The third kappa shape index (κ3) is 2.89. The van der Waals surface area contributed by atoms with Gasteiger partial charge in [0.25, 0.3) is 5.91 Å². The smallest absolute Gasteiger partial charge is 0.267 e. The summed E-state index contributed by atoms with van der Waals surface area (Å²) in [5.74, 6) is 0.0813. The van der Waals surface area contributed by atoms with E-state index in [1.807, 2.05) is 22.4 Å². The quantitative estimate of drug-likeness (QED) is 0.812. The number of aromatic nitrogens is 2. The van der Waals surface area contributed by atoms with Crippen LogP contribution in [0.25, 0.3) is 0 Å². The molecule has 2 aromatic rings. The lowest BCUT2D eigenvalue weighted by Gasteiger charge is -2.23. The van der Waals surface area contributed by atoms with Crippen molar-refractivity contribution >= 4 is 34.6 Å². The number of amides is 1. The van der Waals surface area contributed by atoms with Gasteiger partial charge in [-0.2, -0.15) is 0 Å². The first kappa shape index (κ1) is 14.3. The predicted molar refractivity (Wildman–Crippen MR) is 82.0 cm³/mol. The van der Waals surface area contributed by atoms with Gasteiger partial charge in [0.1, 0.15) is 4.88 Å². The molecule has 0 spiro atoms. The van der Waals surface area contributed by atoms with Crippen LogP contribution in [0.3, 0.4) is 0 Å². The lowest BCUT2D eigenvalue weighted by molar-refractivity contribution is 0.0721. The molecule has 5 nitrogen and oxygen atoms in total. The van der Waals surface area contributed by atoms with Crippen molar-refractivity contribution in [3.63, 3.8) is 0 Å². The Morgan fingerprint density at radius 1 is 1.48 bits per heavy atom. The van der Waals surface area contributed by atoms with Crippen molar-refractivity contribution in [2.45, 2.75) is 32.2 Å². The summed E-state index contributed by atoms with van der Waals surface area (Å²) in [6.45, 7) is 2.50. The highest BCUT2D eigenvalue weighted by atomic mass is 32.1. The Labute approximate surface area is 130 Å². The summed E-state index contributed by atoms with van der Waals surface area (Å²) in [6, 6.07) is 3.71. The van der Waals surface area contributed by atoms with E-state index in [-0.39, 0.29) is 17.7 Å². The van der Waals surface area contributed by atoms with Gasteiger partial charge in [-0.05, 0) is 42.7 Å². The van der Waals surface area contributed by atoms with E-state index in [9.17, 15) is 9.59 Å². The van der Waals surface area contributed by atoms with Gasteiger partial charge in [-0.3, -0.25) is 9.59 Å². The summed E-state index contributed by atoms with van der Waals surface area (Å²) in [5.41, 5.74) is 0.667. The Morgan fingerprint density at radius 2 is 2.33 bits per heavy atom. The van der Waals surface area contributed by atoms with Crippen LogP contribution < -0.4 is 0 Å². The average Bonchev–Trinajstić information content (AvgIpc) is 3.19. The predicted octanol–water partition coefficient (Wildman–Crippen LogP) is 2.79. The van der Waals surface area contributed by atoms with Crippen molar-refractivity contribution in [2.75, 3.05) is 6.54 Å². The number of rotatable bonds is 4. The number of carbonyl (C=O) groups excluding carboxylic acids is 2. The molecule has 0 saturated carbocycles. The second-order valence-corrected chi connectivity index (χ2v) is 6.79. The lowest BCUT2D eigenvalue weighted by Crippen LogP contribution is -2.36. The maximum Gasteiger partial charge on any atom is 0.267 e. The van der Waals surface area contributed by atoms with E-state index in [4.69, 9.17) is 0 Å². The first-order valence-corrected chi connectivity index (χ1v) is 8.48. The van der Waals surface area contributed by atoms with Crippen molar-refractivity contribution in [3.8, 4) is 0 Å². The number of Topliss-reactive ketones (excluding diaryl/α,β-unsaturated/α-hetero) is 1. The van der Waals surface area contributed by atoms with Crippen LogP contribution in [-0.2, 0) is 0 Å². The Hall–Kier alpha value is -1.60. The molecule has 2 aromatic heterocycles. The molecule has 1 atom stereocenters. The van der Waals surface area contributed by atoms with Gasteiger partial charge < -0.3 is 4.90 Å². The van der Waals surface area contributed by atoms with Crippen LogP contribution in [0.1, 0.15) is 44.3 Å². The van der Waals surface area contributed by atoms with Crippen LogP contribution in [0.5, 0.6) is 0 Å². The molecule has 21 heavy (non-hydrogen) atoms. The molecule has 0 N–H and O–H groups in total. The van der Waals surface area contributed by atoms with Crippen molar-refractivity contribution in [3.05, 3.63) is 33.0 Å². The molecule has 1 saturated heterocycles. The average molecular weight is 321 g/mol. The van der Waals surface area contributed by atoms with Gasteiger partial charge in [0.2, 0.25) is 0 Å². The summed E-state index contributed by atoms with van der Waals surface area (Å²) in [7, 11) is 0. The number of aryl methyl sites for hydroxylation is 1. The molecule has 1 aliphatic rings. The van der Waals surface area contributed by atoms with Gasteiger partial charge in [0.05, 0.1) is 10.6 Å². The molecule has 3 rings (SSSR count). The zero-order valence-corrected chi connectivity index (χ0v) is 13.2. The molecule has 1 aliphatic heterocycles. The van der Waals surface area contributed by atoms with Gasteiger partial charge >= 0.3 is 0 Å². The lowest BCUT2D eigenvalue weighted by atomic mass is 10.1. The van der Waals surface area contributed by atoms with Crippen molar-refractivity contribution in [1.82, 2.24) is 14.5 Å². The largest absolute Gasteiger partial charge is 0.334 e. The van der Waals surface area contributed by atoms with Crippen molar-refractivity contribution in [2.24, 2.45) is 0 Å². The zero-order chi connectivity index (χ0) is 14.8. The number of ketones is 1. The van der Waals surface area contributed by atoms with E-state index in [1.165, 1.54) is 11.3 Å². The molecule has 0 aromatic carbocycles. The maximum atomic E-state index is 12.6. The summed E-state index contributed by atoms with van der Waals surface area (Å²) in [6.07, 6.45) is 2.23. The van der Waals surface area contributed by atoms with Gasteiger partial charge in [-0.15, -0.1) is 16.4 Å². The molecule has 3 heterocycles. The Balaban J connectivity index is 1.72. The molecule has 7 heteroatoms. The summed E-state index contributed by atoms with van der Waals surface area (Å²) < 4.78 is 3.82. The molecular formula is C14H15N3O2S2. The molecule has 0 aliphatic carbocycles. The molecular weight excluding hydrogens is 306 g/mol. The fourth-order valence-electron chi connectivity index (χ4n) is 2.63. The number of hydrogen-bond acceptors (Lipinski definition) is 6. The van der Waals surface area contributed by atoms with Crippen LogP contribution >= 0.6 is 22.9 Å². The molecule has 0 bridgehead atoms. The number of carbonyl (C=O) groups is 2. The summed E-state index contributed by atoms with van der Waals surface area (Å²) >= 11 is 2.58. The van der Waals surface area contributed by atoms with Crippen LogP contribution in [0.4, 0.5) is 0 Å². The van der Waals surface area contributed by atoms with Gasteiger partial charge in [-0.25, -0.2) is 0 Å². The second-order valence-electron chi connectivity index (χ2n) is 5.09. The minimum absolute atomic E-state index is 0.00593. The first-order valence-electron chi connectivity index (χ1n) is 6.83. The Morgan fingerprint density at radius 3 is 3.00 bits per heavy atom. The van der Waals surface area contributed by atoms with Crippen LogP contribution in [-0.4, -0.2) is 38.8 Å². The Bertz CT molecular complexity index is 651. The molecule has 1 amide bonds. The first-order chi connectivity index (χ1) is 10.2. The third-order valence-electron chi connectivity index (χ3n) is 3.70. The van der Waals surface area contributed by atoms with E-state index < -0.39 is 0 Å². The van der Waals surface area contributed by atoms with Crippen molar-refractivity contribution < 1.29 is 9.59 Å². The fourth-order valence-corrected chi connectivity index (χ4v) is 3.91. The van der Waals surface area contributed by atoms with E-state index >= 15 is 0 Å². The number of thiophene rings is 1. The SMILES string of the molecule is Cc1nnsc1C(=O)N1CCC[C@H]1CC(=O)c1cccs1. The highest BCUT2D eigenvalue weighted by molar-refractivity contribution is 7.12. The maximum absolute atomic E-state index is 12.6. The third-order valence-corrected chi connectivity index (χ3v) is 5.43. The number of likely N-dealkylation sites (tertiary alicyclic amines) is 1. The summed E-state index contributed by atoms with van der Waals surface area (Å²) in [5, 5.41) is 5.79. The van der Waals surface area contributed by atoms with Gasteiger partial charge in [-0.1, -0.05) is 10.6 Å². The van der Waals surface area contributed by atoms with Crippen LogP contribution in [0.2, 0.25) is 0 Å². The van der Waals surface area contributed by atoms with E-state index in [2.05, 4.69) is 9.59 Å². The van der Waals surface area contributed by atoms with Crippen molar-refractivity contribution in [1.29, 1.82) is 0 Å². The monoisotopic (exact) mass is 321 g/mol. The zero-order valence-electron chi connectivity index (χ0n) is 11.6. The molecule has 0 radical (unpaired) electrons. The topological polar surface area (TPSA) is 63.2 Å². The number of nitrogens with zero attached hydrogens (tertiary/aromatic N) is 3. The molecule has 1 fully saturated rings. The van der Waals surface area contributed by atoms with E-state index in [1.54, 1.807) is 6.92 Å². The molecule has 0 unspecified atom stereocenters. The standard InChI is InChI=1S/C14H15N3O2S2/c1-9-13(21-16-15-9)14(19)17-6-2-4-10(17)8-11(18)12-5-3-7-20-12/h3,5,7,10H,2,4,6,8H2,1H3/t10-/m0/s1. The Kier molecular flexibility index (Phi) is 4.12. The van der Waals surface area contributed by atoms with E-state index in [0.717, 1.165) is 29.3 Å². The highest BCUT2D eigenvalue weighted by Gasteiger charge is 2.32.